The standard InChI is InChI=1S/C25H20N4O3/c1-15-12-16(2)29(25(31)21(15)14-26)28-24(30)20-13-23(17-8-10-18(32-3)11-9-17)27-22-7-5-4-6-19(20)22/h4-13H,1-3H3,(H,28,30). The number of nitriles is 1. The van der Waals surface area contributed by atoms with Crippen molar-refractivity contribution in [1.29, 1.82) is 5.26 Å². The zero-order valence-corrected chi connectivity index (χ0v) is 17.8. The lowest BCUT2D eigenvalue weighted by molar-refractivity contribution is 0.101. The van der Waals surface area contributed by atoms with Crippen molar-refractivity contribution in [3.8, 4) is 23.1 Å². The lowest BCUT2D eigenvalue weighted by atomic mass is 10.0. The van der Waals surface area contributed by atoms with Crippen molar-refractivity contribution >= 4 is 16.8 Å². The largest absolute Gasteiger partial charge is 0.497 e. The summed E-state index contributed by atoms with van der Waals surface area (Å²) in [6.45, 7) is 3.39. The van der Waals surface area contributed by atoms with Gasteiger partial charge in [0.15, 0.2) is 0 Å². The molecular weight excluding hydrogens is 404 g/mol. The number of aromatic nitrogens is 2. The van der Waals surface area contributed by atoms with Crippen LogP contribution in [0.2, 0.25) is 0 Å². The van der Waals surface area contributed by atoms with E-state index in [0.717, 1.165) is 16.0 Å². The first kappa shape index (κ1) is 20.8. The summed E-state index contributed by atoms with van der Waals surface area (Å²) in [6.07, 6.45) is 0. The minimum atomic E-state index is -0.563. The maximum atomic E-state index is 13.3. The quantitative estimate of drug-likeness (QED) is 0.535. The number of nitrogens with zero attached hydrogens (tertiary/aromatic N) is 3. The van der Waals surface area contributed by atoms with Gasteiger partial charge in [0.05, 0.1) is 23.9 Å². The molecule has 0 bridgehead atoms. The van der Waals surface area contributed by atoms with Crippen molar-refractivity contribution < 1.29 is 9.53 Å². The van der Waals surface area contributed by atoms with Gasteiger partial charge in [0.25, 0.3) is 11.5 Å². The van der Waals surface area contributed by atoms with Crippen molar-refractivity contribution in [2.24, 2.45) is 0 Å². The molecule has 4 aromatic rings. The van der Waals surface area contributed by atoms with Gasteiger partial charge in [-0.25, -0.2) is 9.66 Å². The zero-order valence-electron chi connectivity index (χ0n) is 17.8. The van der Waals surface area contributed by atoms with E-state index in [1.165, 1.54) is 0 Å². The van der Waals surface area contributed by atoms with Crippen LogP contribution in [0.5, 0.6) is 5.75 Å². The number of hydrogen-bond acceptors (Lipinski definition) is 5. The van der Waals surface area contributed by atoms with E-state index in [-0.39, 0.29) is 5.56 Å². The van der Waals surface area contributed by atoms with Crippen LogP contribution < -0.4 is 15.7 Å². The number of carbonyl (C=O) groups excluding carboxylic acids is 1. The highest BCUT2D eigenvalue weighted by molar-refractivity contribution is 6.10. The first-order valence-corrected chi connectivity index (χ1v) is 9.92. The number of aryl methyl sites for hydroxylation is 2. The van der Waals surface area contributed by atoms with Crippen LogP contribution in [0.3, 0.4) is 0 Å². The number of hydrogen-bond donors (Lipinski definition) is 1. The molecule has 7 heteroatoms. The Morgan fingerprint density at radius 2 is 1.81 bits per heavy atom. The molecule has 0 unspecified atom stereocenters. The van der Waals surface area contributed by atoms with E-state index in [2.05, 4.69) is 5.43 Å². The molecule has 2 aromatic heterocycles. The third kappa shape index (κ3) is 3.70. The van der Waals surface area contributed by atoms with Gasteiger partial charge < -0.3 is 4.74 Å². The van der Waals surface area contributed by atoms with Crippen LogP contribution in [0.4, 0.5) is 0 Å². The van der Waals surface area contributed by atoms with E-state index in [1.54, 1.807) is 39.2 Å². The molecule has 158 valence electrons. The van der Waals surface area contributed by atoms with Gasteiger partial charge in [-0.05, 0) is 61.9 Å². The molecule has 0 aliphatic rings. The molecule has 0 aliphatic heterocycles. The van der Waals surface area contributed by atoms with Crippen molar-refractivity contribution in [3.05, 3.63) is 93.4 Å². The Kier molecular flexibility index (Phi) is 5.44. The number of nitrogens with one attached hydrogen (secondary N) is 1. The number of pyridine rings is 2. The summed E-state index contributed by atoms with van der Waals surface area (Å²) in [6, 6.07) is 20.0. The lowest BCUT2D eigenvalue weighted by Gasteiger charge is -2.15. The van der Waals surface area contributed by atoms with Gasteiger partial charge >= 0.3 is 0 Å². The van der Waals surface area contributed by atoms with Gasteiger partial charge in [0, 0.05) is 16.6 Å². The van der Waals surface area contributed by atoms with Crippen molar-refractivity contribution in [3.63, 3.8) is 0 Å². The van der Waals surface area contributed by atoms with E-state index in [4.69, 9.17) is 9.72 Å². The number of fused-ring (bicyclic) bond motifs is 1. The van der Waals surface area contributed by atoms with Gasteiger partial charge in [-0.3, -0.25) is 15.0 Å². The molecule has 2 aromatic carbocycles. The minimum Gasteiger partial charge on any atom is -0.497 e. The number of rotatable bonds is 4. The number of carbonyl (C=O) groups is 1. The summed E-state index contributed by atoms with van der Waals surface area (Å²) in [7, 11) is 1.60. The Balaban J connectivity index is 1.83. The summed E-state index contributed by atoms with van der Waals surface area (Å²) in [4.78, 5) is 30.7. The second kappa shape index (κ2) is 8.36. The van der Waals surface area contributed by atoms with E-state index in [0.29, 0.717) is 33.4 Å². The summed E-state index contributed by atoms with van der Waals surface area (Å²) >= 11 is 0. The molecule has 0 radical (unpaired) electrons. The van der Waals surface area contributed by atoms with Crippen LogP contribution in [0.25, 0.3) is 22.2 Å². The summed E-state index contributed by atoms with van der Waals surface area (Å²) in [5.41, 5.74) is 5.62. The number of methoxy groups -OCH3 is 1. The maximum absolute atomic E-state index is 13.3. The molecule has 1 N–H and O–H groups in total. The third-order valence-electron chi connectivity index (χ3n) is 5.26. The Morgan fingerprint density at radius 1 is 1.09 bits per heavy atom. The second-order valence-corrected chi connectivity index (χ2v) is 7.34. The van der Waals surface area contributed by atoms with Gasteiger partial charge in [-0.2, -0.15) is 5.26 Å². The molecule has 2 heterocycles. The minimum absolute atomic E-state index is 0.00518. The average molecular weight is 424 g/mol. The Labute approximate surface area is 184 Å². The maximum Gasteiger partial charge on any atom is 0.287 e. The lowest BCUT2D eigenvalue weighted by Crippen LogP contribution is -2.36. The van der Waals surface area contributed by atoms with Gasteiger partial charge in [0.1, 0.15) is 17.4 Å². The van der Waals surface area contributed by atoms with Gasteiger partial charge in [-0.15, -0.1) is 0 Å². The molecule has 0 saturated heterocycles. The first-order chi connectivity index (χ1) is 15.4. The van der Waals surface area contributed by atoms with Crippen LogP contribution in [-0.4, -0.2) is 22.7 Å². The normalized spacial score (nSPS) is 10.6. The molecule has 0 spiro atoms. The highest BCUT2D eigenvalue weighted by Crippen LogP contribution is 2.26. The van der Waals surface area contributed by atoms with Crippen LogP contribution in [0.1, 0.15) is 27.2 Å². The summed E-state index contributed by atoms with van der Waals surface area (Å²) < 4.78 is 6.32. The molecule has 32 heavy (non-hydrogen) atoms. The smallest absolute Gasteiger partial charge is 0.287 e. The highest BCUT2D eigenvalue weighted by Gasteiger charge is 2.17. The predicted molar refractivity (Wildman–Crippen MR) is 122 cm³/mol. The predicted octanol–water partition coefficient (Wildman–Crippen LogP) is 3.94. The summed E-state index contributed by atoms with van der Waals surface area (Å²) in [5, 5.41) is 9.97. The van der Waals surface area contributed by atoms with Crippen LogP contribution in [-0.2, 0) is 0 Å². The van der Waals surface area contributed by atoms with E-state index >= 15 is 0 Å². The topological polar surface area (TPSA) is 97.0 Å². The molecule has 4 rings (SSSR count). The van der Waals surface area contributed by atoms with E-state index in [9.17, 15) is 14.9 Å². The number of benzene rings is 2. The number of amides is 1. The number of ether oxygens (including phenoxy) is 1. The second-order valence-electron chi connectivity index (χ2n) is 7.34. The first-order valence-electron chi connectivity index (χ1n) is 9.92. The fraction of sp³-hybridized carbons (Fsp3) is 0.120. The number of para-hydroxylation sites is 1. The van der Waals surface area contributed by atoms with E-state index < -0.39 is 11.5 Å². The molecule has 7 nitrogen and oxygen atoms in total. The van der Waals surface area contributed by atoms with Crippen molar-refractivity contribution in [1.82, 2.24) is 9.66 Å². The van der Waals surface area contributed by atoms with E-state index in [1.807, 2.05) is 48.5 Å². The Morgan fingerprint density at radius 3 is 2.50 bits per heavy atom. The zero-order chi connectivity index (χ0) is 22.8. The molecular formula is C25H20N4O3. The van der Waals surface area contributed by atoms with Crippen molar-refractivity contribution in [2.45, 2.75) is 13.8 Å². The van der Waals surface area contributed by atoms with Crippen LogP contribution in [0.15, 0.2) is 65.5 Å². The van der Waals surface area contributed by atoms with Gasteiger partial charge in [0.2, 0.25) is 0 Å². The van der Waals surface area contributed by atoms with Crippen molar-refractivity contribution in [2.75, 3.05) is 12.5 Å². The fourth-order valence-corrected chi connectivity index (χ4v) is 3.60. The average Bonchev–Trinajstić information content (AvgIpc) is 2.81. The molecule has 0 fully saturated rings. The third-order valence-corrected chi connectivity index (χ3v) is 5.26. The highest BCUT2D eigenvalue weighted by atomic mass is 16.5. The van der Waals surface area contributed by atoms with Gasteiger partial charge in [-0.1, -0.05) is 18.2 Å². The Hall–Kier alpha value is -4.44. The molecule has 1 amide bonds. The fourth-order valence-electron chi connectivity index (χ4n) is 3.60. The van der Waals surface area contributed by atoms with Crippen LogP contribution in [0, 0.1) is 25.2 Å². The molecule has 0 aliphatic carbocycles. The Bertz CT molecular complexity index is 1450. The molecule has 0 atom stereocenters. The van der Waals surface area contributed by atoms with Crippen LogP contribution >= 0.6 is 0 Å². The summed E-state index contributed by atoms with van der Waals surface area (Å²) in [5.74, 6) is 0.242. The monoisotopic (exact) mass is 424 g/mol. The SMILES string of the molecule is COc1ccc(-c2cc(C(=O)Nn3c(C)cc(C)c(C#N)c3=O)c3ccccc3n2)cc1. The molecule has 0 saturated carbocycles.